The lowest BCUT2D eigenvalue weighted by molar-refractivity contribution is 0.0744. The smallest absolute Gasteiger partial charge is 0.118 e. The lowest BCUT2D eigenvalue weighted by atomic mass is 10.0. The van der Waals surface area contributed by atoms with Crippen molar-refractivity contribution in [1.29, 1.82) is 5.26 Å². The number of aliphatic hydroxyl groups excluding tert-OH is 2. The molecule has 1 rings (SSSR count). The van der Waals surface area contributed by atoms with Crippen LogP contribution in [0.5, 0.6) is 0 Å². The Bertz CT molecular complexity index is 224. The van der Waals surface area contributed by atoms with Crippen LogP contribution in [0.1, 0.15) is 0 Å². The molecule has 0 aliphatic heterocycles. The van der Waals surface area contributed by atoms with Crippen molar-refractivity contribution in [2.24, 2.45) is 0 Å². The first kappa shape index (κ1) is 7.00. The molecule has 0 amide bonds. The van der Waals surface area contributed by atoms with Crippen molar-refractivity contribution in [2.45, 2.75) is 12.2 Å². The van der Waals surface area contributed by atoms with Crippen molar-refractivity contribution in [1.82, 2.24) is 0 Å². The van der Waals surface area contributed by atoms with Gasteiger partial charge in [-0.25, -0.2) is 0 Å². The molecule has 0 unspecified atom stereocenters. The van der Waals surface area contributed by atoms with E-state index in [4.69, 9.17) is 15.5 Å². The Morgan fingerprint density at radius 1 is 1.50 bits per heavy atom. The van der Waals surface area contributed by atoms with Gasteiger partial charge in [-0.2, -0.15) is 5.26 Å². The first-order valence-electron chi connectivity index (χ1n) is 2.90. The summed E-state index contributed by atoms with van der Waals surface area (Å²) >= 11 is 0. The molecule has 52 valence electrons. The monoisotopic (exact) mass is 137 g/mol. The van der Waals surface area contributed by atoms with E-state index in [-0.39, 0.29) is 5.57 Å². The fraction of sp³-hybridized carbons (Fsp3) is 0.286. The molecule has 10 heavy (non-hydrogen) atoms. The molecule has 1 aliphatic rings. The Kier molecular flexibility index (Phi) is 1.86. The topological polar surface area (TPSA) is 64.2 Å². The molecular formula is C7H7NO2. The van der Waals surface area contributed by atoms with Crippen LogP contribution in [-0.2, 0) is 0 Å². The van der Waals surface area contributed by atoms with Crippen LogP contribution in [0.4, 0.5) is 0 Å². The van der Waals surface area contributed by atoms with E-state index in [1.165, 1.54) is 12.2 Å². The molecular weight excluding hydrogens is 130 g/mol. The fourth-order valence-corrected chi connectivity index (χ4v) is 0.764. The second-order valence-electron chi connectivity index (χ2n) is 2.05. The Hall–Kier alpha value is -1.11. The molecule has 0 heterocycles. The summed E-state index contributed by atoms with van der Waals surface area (Å²) in [4.78, 5) is 0. The van der Waals surface area contributed by atoms with Crippen LogP contribution in [0.25, 0.3) is 0 Å². The van der Waals surface area contributed by atoms with Crippen LogP contribution in [0.2, 0.25) is 0 Å². The van der Waals surface area contributed by atoms with Gasteiger partial charge in [0, 0.05) is 0 Å². The number of rotatable bonds is 0. The first-order valence-corrected chi connectivity index (χ1v) is 2.90. The molecule has 0 fully saturated rings. The Morgan fingerprint density at radius 3 is 2.70 bits per heavy atom. The highest BCUT2D eigenvalue weighted by Crippen LogP contribution is 2.11. The zero-order chi connectivity index (χ0) is 7.56. The molecule has 0 saturated carbocycles. The van der Waals surface area contributed by atoms with E-state index < -0.39 is 12.2 Å². The van der Waals surface area contributed by atoms with E-state index >= 15 is 0 Å². The average molecular weight is 137 g/mol. The predicted molar refractivity (Wildman–Crippen MR) is 34.8 cm³/mol. The maximum atomic E-state index is 9.05. The summed E-state index contributed by atoms with van der Waals surface area (Å²) < 4.78 is 0. The minimum absolute atomic E-state index is 0.204. The molecule has 1 aliphatic carbocycles. The van der Waals surface area contributed by atoms with E-state index in [1.54, 1.807) is 12.1 Å². The lowest BCUT2D eigenvalue weighted by Crippen LogP contribution is -2.27. The van der Waals surface area contributed by atoms with Crippen LogP contribution >= 0.6 is 0 Å². The van der Waals surface area contributed by atoms with Crippen LogP contribution in [0.3, 0.4) is 0 Å². The highest BCUT2D eigenvalue weighted by atomic mass is 16.3. The summed E-state index contributed by atoms with van der Waals surface area (Å²) in [5.41, 5.74) is 0.204. The Balaban J connectivity index is 2.84. The normalized spacial score (nSPS) is 31.1. The van der Waals surface area contributed by atoms with Gasteiger partial charge in [0.1, 0.15) is 12.2 Å². The van der Waals surface area contributed by atoms with Gasteiger partial charge in [0.05, 0.1) is 11.6 Å². The maximum absolute atomic E-state index is 9.05. The third-order valence-corrected chi connectivity index (χ3v) is 1.36. The summed E-state index contributed by atoms with van der Waals surface area (Å²) in [7, 11) is 0. The van der Waals surface area contributed by atoms with E-state index in [0.29, 0.717) is 0 Å². The molecule has 0 saturated heterocycles. The van der Waals surface area contributed by atoms with Crippen LogP contribution in [-0.4, -0.2) is 22.4 Å². The molecule has 0 aromatic heterocycles. The molecule has 2 N–H and O–H groups in total. The second-order valence-corrected chi connectivity index (χ2v) is 2.05. The number of allylic oxidation sites excluding steroid dienone is 2. The number of hydrogen-bond donors (Lipinski definition) is 2. The van der Waals surface area contributed by atoms with E-state index in [2.05, 4.69) is 0 Å². The van der Waals surface area contributed by atoms with Gasteiger partial charge in [-0.3, -0.25) is 0 Å². The first-order chi connectivity index (χ1) is 4.75. The number of nitrogens with zero attached hydrogens (tertiary/aromatic N) is 1. The fourth-order valence-electron chi connectivity index (χ4n) is 0.764. The highest BCUT2D eigenvalue weighted by molar-refractivity contribution is 5.35. The van der Waals surface area contributed by atoms with E-state index in [9.17, 15) is 0 Å². The van der Waals surface area contributed by atoms with Crippen molar-refractivity contribution in [2.75, 3.05) is 0 Å². The van der Waals surface area contributed by atoms with Gasteiger partial charge in [0.2, 0.25) is 0 Å². The SMILES string of the molecule is N#CC1=CC=C[C@@H](O)[C@@H]1O. The molecule has 0 spiro atoms. The third-order valence-electron chi connectivity index (χ3n) is 1.36. The van der Waals surface area contributed by atoms with E-state index in [1.807, 2.05) is 0 Å². The summed E-state index contributed by atoms with van der Waals surface area (Å²) in [5.74, 6) is 0. The second kappa shape index (κ2) is 2.65. The van der Waals surface area contributed by atoms with Crippen molar-refractivity contribution < 1.29 is 10.2 Å². The molecule has 0 aromatic carbocycles. The van der Waals surface area contributed by atoms with Gasteiger partial charge in [0.25, 0.3) is 0 Å². The Morgan fingerprint density at radius 2 is 2.20 bits per heavy atom. The molecule has 0 aromatic rings. The van der Waals surface area contributed by atoms with Crippen molar-refractivity contribution in [3.63, 3.8) is 0 Å². The van der Waals surface area contributed by atoms with Crippen LogP contribution < -0.4 is 0 Å². The van der Waals surface area contributed by atoms with Gasteiger partial charge in [-0.1, -0.05) is 12.2 Å². The van der Waals surface area contributed by atoms with Crippen molar-refractivity contribution >= 4 is 0 Å². The Labute approximate surface area is 58.5 Å². The molecule has 0 radical (unpaired) electrons. The van der Waals surface area contributed by atoms with Gasteiger partial charge in [-0.05, 0) is 6.08 Å². The predicted octanol–water partition coefficient (Wildman–Crippen LogP) is -0.272. The zero-order valence-corrected chi connectivity index (χ0v) is 5.23. The summed E-state index contributed by atoms with van der Waals surface area (Å²) in [6, 6.07) is 1.78. The van der Waals surface area contributed by atoms with E-state index in [0.717, 1.165) is 0 Å². The third kappa shape index (κ3) is 1.08. The van der Waals surface area contributed by atoms with Crippen molar-refractivity contribution in [3.05, 3.63) is 23.8 Å². The summed E-state index contributed by atoms with van der Waals surface area (Å²) in [6.07, 6.45) is 2.49. The zero-order valence-electron chi connectivity index (χ0n) is 5.23. The number of aliphatic hydroxyl groups is 2. The summed E-state index contributed by atoms with van der Waals surface area (Å²) in [5, 5.41) is 26.4. The standard InChI is InChI=1S/C7H7NO2/c8-4-5-2-1-3-6(9)7(5)10/h1-3,6-7,9-10H/t6-,7-/m1/s1. The largest absolute Gasteiger partial charge is 0.386 e. The minimum Gasteiger partial charge on any atom is -0.386 e. The highest BCUT2D eigenvalue weighted by Gasteiger charge is 2.19. The molecule has 2 atom stereocenters. The maximum Gasteiger partial charge on any atom is 0.118 e. The number of hydrogen-bond acceptors (Lipinski definition) is 3. The van der Waals surface area contributed by atoms with Gasteiger partial charge < -0.3 is 10.2 Å². The summed E-state index contributed by atoms with van der Waals surface area (Å²) in [6.45, 7) is 0. The quantitative estimate of drug-likeness (QED) is 0.483. The van der Waals surface area contributed by atoms with Crippen molar-refractivity contribution in [3.8, 4) is 6.07 Å². The van der Waals surface area contributed by atoms with Crippen LogP contribution in [0.15, 0.2) is 23.8 Å². The van der Waals surface area contributed by atoms with Gasteiger partial charge >= 0.3 is 0 Å². The van der Waals surface area contributed by atoms with Crippen LogP contribution in [0, 0.1) is 11.3 Å². The molecule has 3 nitrogen and oxygen atoms in total. The minimum atomic E-state index is -1.05. The average Bonchev–Trinajstić information content (AvgIpc) is 1.95. The molecule has 0 bridgehead atoms. The van der Waals surface area contributed by atoms with Gasteiger partial charge in [-0.15, -0.1) is 0 Å². The van der Waals surface area contributed by atoms with Gasteiger partial charge in [0.15, 0.2) is 0 Å². The number of nitriles is 1. The lowest BCUT2D eigenvalue weighted by Gasteiger charge is -2.15. The molecule has 3 heteroatoms.